The number of esters is 3. The molecule has 2 aliphatic carbocycles. The lowest BCUT2D eigenvalue weighted by molar-refractivity contribution is -0.228. The molecule has 2 amide bonds. The second kappa shape index (κ2) is 23.8. The number of aromatic amines is 1. The van der Waals surface area contributed by atoms with Crippen molar-refractivity contribution in [3.8, 4) is 39.9 Å². The number of rotatable bonds is 13. The number of nitrogens with one attached hydrogen (secondary N) is 2. The van der Waals surface area contributed by atoms with Crippen LogP contribution in [0.1, 0.15) is 106 Å². The molecule has 1 unspecified atom stereocenters. The largest absolute Gasteiger partial charge is 0.496 e. The molecule has 21 heteroatoms. The minimum absolute atomic E-state index is 0.155. The molecule has 89 heavy (non-hydrogen) atoms. The van der Waals surface area contributed by atoms with E-state index in [4.69, 9.17) is 37.9 Å². The fourth-order valence-corrected chi connectivity index (χ4v) is 17.2. The first-order chi connectivity index (χ1) is 42.7. The monoisotopic (exact) mass is 1220 g/mol. The highest BCUT2D eigenvalue weighted by Gasteiger charge is 2.81. The number of ether oxygens (including phenoxy) is 8. The molecule has 4 N–H and O–H groups in total. The van der Waals surface area contributed by atoms with E-state index in [9.17, 15) is 34.2 Å². The van der Waals surface area contributed by atoms with Gasteiger partial charge in [0.05, 0.1) is 73.1 Å². The summed E-state index contributed by atoms with van der Waals surface area (Å²) in [4.78, 5) is 90.6. The molecule has 2 saturated heterocycles. The summed E-state index contributed by atoms with van der Waals surface area (Å²) in [5.41, 5.74) is -0.140. The van der Waals surface area contributed by atoms with Crippen molar-refractivity contribution in [2.24, 2.45) is 11.3 Å². The van der Waals surface area contributed by atoms with Crippen molar-refractivity contribution in [1.82, 2.24) is 20.1 Å². The van der Waals surface area contributed by atoms with Crippen molar-refractivity contribution in [3.63, 3.8) is 0 Å². The maximum Gasteiger partial charge on any atom is 0.344 e. The summed E-state index contributed by atoms with van der Waals surface area (Å²) in [6.45, 7) is 9.63. The number of anilines is 1. The Hall–Kier alpha value is -7.98. The summed E-state index contributed by atoms with van der Waals surface area (Å²) < 4.78 is 45.7. The quantitative estimate of drug-likeness (QED) is 0.0431. The maximum absolute atomic E-state index is 15.3. The van der Waals surface area contributed by atoms with Gasteiger partial charge in [-0.05, 0) is 122 Å². The van der Waals surface area contributed by atoms with E-state index in [0.29, 0.717) is 135 Å². The van der Waals surface area contributed by atoms with Gasteiger partial charge in [-0.1, -0.05) is 50.3 Å². The Morgan fingerprint density at radius 1 is 0.787 bits per heavy atom. The van der Waals surface area contributed by atoms with E-state index >= 15 is 4.79 Å². The normalized spacial score (nSPS) is 29.4. The lowest BCUT2D eigenvalue weighted by Gasteiger charge is -2.63. The fourth-order valence-electron chi connectivity index (χ4n) is 17.2. The number of H-pyrrole nitrogens is 1. The van der Waals surface area contributed by atoms with Crippen LogP contribution in [0.15, 0.2) is 77.6 Å². The number of piperidine rings is 1. The van der Waals surface area contributed by atoms with Gasteiger partial charge in [-0.3, -0.25) is 33.8 Å². The van der Waals surface area contributed by atoms with Gasteiger partial charge in [0, 0.05) is 90.7 Å². The lowest BCUT2D eigenvalue weighted by atomic mass is 9.47. The van der Waals surface area contributed by atoms with Gasteiger partial charge in [-0.15, -0.1) is 0 Å². The van der Waals surface area contributed by atoms with Gasteiger partial charge >= 0.3 is 17.9 Å². The number of hydrogen-bond donors (Lipinski definition) is 4. The van der Waals surface area contributed by atoms with Crippen molar-refractivity contribution in [2.75, 3.05) is 87.4 Å². The molecule has 5 aromatic rings. The van der Waals surface area contributed by atoms with Gasteiger partial charge in [0.25, 0.3) is 0 Å². The third-order valence-electron chi connectivity index (χ3n) is 20.6. The number of methoxy groups -OCH3 is 7. The van der Waals surface area contributed by atoms with Crippen LogP contribution in [0.4, 0.5) is 5.69 Å². The molecule has 5 aliphatic heterocycles. The predicted molar refractivity (Wildman–Crippen MR) is 330 cm³/mol. The molecular weight excluding hydrogens is 1140 g/mol. The molecule has 2 bridgehead atoms. The van der Waals surface area contributed by atoms with Crippen LogP contribution in [-0.2, 0) is 61.9 Å². The van der Waals surface area contributed by atoms with Crippen LogP contribution in [0.2, 0.25) is 0 Å². The Morgan fingerprint density at radius 2 is 1.52 bits per heavy atom. The smallest absolute Gasteiger partial charge is 0.344 e. The Labute approximate surface area is 517 Å². The number of amides is 2. The number of aromatic nitrogens is 1. The zero-order valence-electron chi connectivity index (χ0n) is 52.5. The van der Waals surface area contributed by atoms with Crippen molar-refractivity contribution in [3.05, 3.63) is 117 Å². The summed E-state index contributed by atoms with van der Waals surface area (Å²) in [6.07, 6.45) is 7.10. The van der Waals surface area contributed by atoms with Crippen LogP contribution >= 0.6 is 0 Å². The number of aliphatic hydroxyl groups is 2. The predicted octanol–water partition coefficient (Wildman–Crippen LogP) is 6.39. The number of fused-ring (bicyclic) bond motifs is 9. The number of carbonyl (C=O) groups excluding carboxylic acids is 5. The number of para-hydroxylation sites is 1. The topological polar surface area (TPSA) is 254 Å². The highest BCUT2D eigenvalue weighted by atomic mass is 16.6. The average molecular weight is 1220 g/mol. The van der Waals surface area contributed by atoms with Gasteiger partial charge in [0.1, 0.15) is 11.2 Å². The van der Waals surface area contributed by atoms with Gasteiger partial charge in [-0.2, -0.15) is 0 Å². The van der Waals surface area contributed by atoms with Gasteiger partial charge in [-0.25, -0.2) is 4.79 Å². The molecular formula is C68H81N5O16. The van der Waals surface area contributed by atoms with E-state index < -0.39 is 63.5 Å². The Bertz CT molecular complexity index is 3750. The Balaban J connectivity index is 0.000000236. The van der Waals surface area contributed by atoms with Gasteiger partial charge < -0.3 is 63.3 Å². The summed E-state index contributed by atoms with van der Waals surface area (Å²) in [5.74, 6) is -0.460. The molecule has 7 aliphatic rings. The molecule has 12 rings (SSSR count). The molecule has 0 radical (unpaired) electrons. The van der Waals surface area contributed by atoms with Crippen LogP contribution in [0.5, 0.6) is 28.7 Å². The number of nitrogens with zero attached hydrogens (tertiary/aromatic N) is 3. The first-order valence-corrected chi connectivity index (χ1v) is 30.5. The molecule has 1 spiro atoms. The number of carbonyl (C=O) groups is 5. The van der Waals surface area contributed by atoms with Crippen molar-refractivity contribution in [1.29, 1.82) is 0 Å². The van der Waals surface area contributed by atoms with E-state index in [1.165, 1.54) is 53.3 Å². The Kier molecular flexibility index (Phi) is 16.7. The van der Waals surface area contributed by atoms with E-state index in [2.05, 4.69) is 26.2 Å². The second-order valence-electron chi connectivity index (χ2n) is 24.9. The van der Waals surface area contributed by atoms with Crippen LogP contribution in [0, 0.1) is 11.3 Å². The van der Waals surface area contributed by atoms with Crippen molar-refractivity contribution >= 4 is 46.8 Å². The lowest BCUT2D eigenvalue weighted by Crippen LogP contribution is -2.81. The van der Waals surface area contributed by atoms with Crippen LogP contribution in [0.25, 0.3) is 22.0 Å². The SMILES string of the molecule is CC[C@]1(O)C[C@H]2CN(CCc3c([nH]c4ccccc34)[C@@](C(=O)OC)(c3cc4c(cc3OC)N(C=O)[C@H]3[C@@](O)(C(=O)OC)[C@H](OC(C)=O)[C@]5(CC)C=CCN6CC[C@]43[C@@H]65)C2)C1.COc1cc2c(c(OC)c1OC)-c1ccc(OC)c(=O)cc1[C@@H](NC(C)=O)CC2. The minimum atomic E-state index is -2.53. The van der Waals surface area contributed by atoms with Crippen molar-refractivity contribution in [2.45, 2.75) is 125 Å². The summed E-state index contributed by atoms with van der Waals surface area (Å²) in [6, 6.07) is 16.5. The maximum atomic E-state index is 15.3. The minimum Gasteiger partial charge on any atom is -0.496 e. The third kappa shape index (κ3) is 9.53. The average Bonchev–Trinajstić information content (AvgIpc) is 1.51. The number of aryl methyl sites for hydroxylation is 1. The highest BCUT2D eigenvalue weighted by molar-refractivity contribution is 5.97. The molecule has 474 valence electrons. The van der Waals surface area contributed by atoms with Gasteiger partial charge in [0.15, 0.2) is 23.4 Å². The van der Waals surface area contributed by atoms with E-state index in [0.717, 1.165) is 33.2 Å². The molecule has 1 aromatic heterocycles. The zero-order chi connectivity index (χ0) is 63.7. The molecule has 3 fully saturated rings. The summed E-state index contributed by atoms with van der Waals surface area (Å²) in [5, 5.41) is 29.2. The molecule has 4 aromatic carbocycles. The first-order valence-electron chi connectivity index (χ1n) is 30.5. The first kappa shape index (κ1) is 62.6. The molecule has 1 saturated carbocycles. The third-order valence-corrected chi connectivity index (χ3v) is 20.6. The molecule has 21 nitrogen and oxygen atoms in total. The fraction of sp³-hybridized carbons (Fsp3) is 0.500. The number of benzene rings is 3. The highest BCUT2D eigenvalue weighted by Crippen LogP contribution is 2.68. The second-order valence-corrected chi connectivity index (χ2v) is 24.9. The van der Waals surface area contributed by atoms with E-state index in [-0.39, 0.29) is 35.5 Å². The van der Waals surface area contributed by atoms with Crippen LogP contribution < -0.4 is 39.3 Å². The number of hydrogen-bond acceptors (Lipinski definition) is 18. The van der Waals surface area contributed by atoms with E-state index in [1.54, 1.807) is 33.5 Å². The molecule has 6 heterocycles. The van der Waals surface area contributed by atoms with Crippen LogP contribution in [0.3, 0.4) is 0 Å². The Morgan fingerprint density at radius 3 is 2.17 bits per heavy atom. The van der Waals surface area contributed by atoms with E-state index in [1.807, 2.05) is 62.4 Å². The summed E-state index contributed by atoms with van der Waals surface area (Å²) in [7, 11) is 10.2. The summed E-state index contributed by atoms with van der Waals surface area (Å²) >= 11 is 0. The van der Waals surface area contributed by atoms with Crippen LogP contribution in [-0.4, -0.2) is 167 Å². The van der Waals surface area contributed by atoms with Crippen molar-refractivity contribution < 1.29 is 72.1 Å². The zero-order valence-corrected chi connectivity index (χ0v) is 52.5. The van der Waals surface area contributed by atoms with Gasteiger partial charge in [0.2, 0.25) is 29.1 Å². The standard InChI is InChI=1S/C46H56N4O10.C22H25NO6/c1-7-42(55)22-28-23-45(40(53)58-5,36-30(14-18-48(24-28)25-42)29-12-9-10-13-33(29)47-36)32-20-31-34(21-35(32)57-4)50(26-51)38-44(31)16-19-49-17-11-15-43(8-2,37(44)49)39(60-27(3)52)46(38,56)41(54)59-6;1-12(24)23-16-8-6-13-10-19(27-3)21(28-4)22(29-5)20(13)14-7-9-18(26-2)17(25)11-15(14)16/h9-13,15,20-21,26,28,37-39,47,55-56H,7-8,14,16-19,22-25H2,1-6H3;7,9-11,16H,6,8H2,1-5H3,(H,23,24)/t28-,37+,38-,39-,42+,43-,44-,45+,46+;16-/m10/s1. The molecule has 11 atom stereocenters.